The van der Waals surface area contributed by atoms with Gasteiger partial charge in [-0.15, -0.1) is 0 Å². The van der Waals surface area contributed by atoms with Gasteiger partial charge in [-0.1, -0.05) is 0 Å². The van der Waals surface area contributed by atoms with Crippen LogP contribution in [0.3, 0.4) is 0 Å². The molecule has 0 aliphatic heterocycles. The average molecular weight is 252 g/mol. The number of nitrogens with one attached hydrogen (secondary N) is 1. The second-order valence-electron chi connectivity index (χ2n) is 4.53. The Morgan fingerprint density at radius 1 is 1.50 bits per heavy atom. The van der Waals surface area contributed by atoms with Gasteiger partial charge in [-0.25, -0.2) is 4.79 Å². The molecule has 0 unspecified atom stereocenters. The average Bonchev–Trinajstić information content (AvgIpc) is 3.10. The van der Waals surface area contributed by atoms with E-state index in [9.17, 15) is 14.4 Å². The number of carbonyl (C=O) groups is 1. The highest BCUT2D eigenvalue weighted by Crippen LogP contribution is 2.18. The number of rotatable bonds is 4. The normalized spacial score (nSPS) is 14.5. The summed E-state index contributed by atoms with van der Waals surface area (Å²) in [5.74, 6) is -0.145. The van der Waals surface area contributed by atoms with E-state index in [-0.39, 0.29) is 30.6 Å². The van der Waals surface area contributed by atoms with Crippen LogP contribution in [0.5, 0.6) is 0 Å². The molecular formula is C11H16N4O3. The number of nitrogens with two attached hydrogens (primary N) is 1. The SMILES string of the molecule is Cn1cc(N)c(=O)n(CCC(=O)NC2CC2)c1=O. The number of anilines is 1. The molecule has 0 saturated heterocycles. The monoisotopic (exact) mass is 252 g/mol. The third-order valence-electron chi connectivity index (χ3n) is 2.86. The first-order chi connectivity index (χ1) is 8.49. The van der Waals surface area contributed by atoms with Crippen molar-refractivity contribution in [3.63, 3.8) is 0 Å². The second-order valence-corrected chi connectivity index (χ2v) is 4.53. The molecule has 1 saturated carbocycles. The number of amides is 1. The lowest BCUT2D eigenvalue weighted by Crippen LogP contribution is -2.40. The summed E-state index contributed by atoms with van der Waals surface area (Å²) in [5, 5.41) is 2.80. The molecule has 0 spiro atoms. The maximum atomic E-state index is 11.7. The van der Waals surface area contributed by atoms with Crippen molar-refractivity contribution in [1.29, 1.82) is 0 Å². The van der Waals surface area contributed by atoms with E-state index in [0.717, 1.165) is 17.4 Å². The predicted octanol–water partition coefficient (Wildman–Crippen LogP) is -1.20. The first kappa shape index (κ1) is 12.4. The Hall–Kier alpha value is -2.05. The Morgan fingerprint density at radius 2 is 2.17 bits per heavy atom. The lowest BCUT2D eigenvalue weighted by molar-refractivity contribution is -0.121. The smallest absolute Gasteiger partial charge is 0.330 e. The summed E-state index contributed by atoms with van der Waals surface area (Å²) in [4.78, 5) is 34.9. The van der Waals surface area contributed by atoms with Crippen molar-refractivity contribution in [2.45, 2.75) is 31.8 Å². The Morgan fingerprint density at radius 3 is 2.78 bits per heavy atom. The van der Waals surface area contributed by atoms with Crippen molar-refractivity contribution in [3.05, 3.63) is 27.0 Å². The van der Waals surface area contributed by atoms with E-state index >= 15 is 0 Å². The zero-order chi connectivity index (χ0) is 13.3. The third-order valence-corrected chi connectivity index (χ3v) is 2.86. The first-order valence-corrected chi connectivity index (χ1v) is 5.84. The molecule has 98 valence electrons. The van der Waals surface area contributed by atoms with Gasteiger partial charge in [0, 0.05) is 32.3 Å². The van der Waals surface area contributed by atoms with E-state index in [1.807, 2.05) is 0 Å². The van der Waals surface area contributed by atoms with Crippen LogP contribution in [-0.2, 0) is 18.4 Å². The number of hydrogen-bond donors (Lipinski definition) is 2. The van der Waals surface area contributed by atoms with E-state index in [1.165, 1.54) is 17.8 Å². The number of carbonyl (C=O) groups excluding carboxylic acids is 1. The highest BCUT2D eigenvalue weighted by atomic mass is 16.2. The summed E-state index contributed by atoms with van der Waals surface area (Å²) < 4.78 is 2.22. The van der Waals surface area contributed by atoms with Gasteiger partial charge in [0.05, 0.1) is 0 Å². The topological polar surface area (TPSA) is 99.1 Å². The highest BCUT2D eigenvalue weighted by Gasteiger charge is 2.23. The Balaban J connectivity index is 2.11. The molecule has 7 heteroatoms. The Kier molecular flexibility index (Phi) is 3.22. The second kappa shape index (κ2) is 4.67. The van der Waals surface area contributed by atoms with Gasteiger partial charge in [-0.3, -0.25) is 14.2 Å². The number of nitrogens with zero attached hydrogens (tertiary/aromatic N) is 2. The molecule has 0 atom stereocenters. The van der Waals surface area contributed by atoms with E-state index in [0.29, 0.717) is 0 Å². The molecule has 0 radical (unpaired) electrons. The van der Waals surface area contributed by atoms with Gasteiger partial charge in [0.15, 0.2) is 0 Å². The zero-order valence-corrected chi connectivity index (χ0v) is 10.2. The molecule has 3 N–H and O–H groups in total. The van der Waals surface area contributed by atoms with Gasteiger partial charge < -0.3 is 15.6 Å². The van der Waals surface area contributed by atoms with Gasteiger partial charge in [-0.2, -0.15) is 0 Å². The minimum Gasteiger partial charge on any atom is -0.393 e. The van der Waals surface area contributed by atoms with Gasteiger partial charge in [0.1, 0.15) is 5.69 Å². The maximum absolute atomic E-state index is 11.7. The van der Waals surface area contributed by atoms with Crippen LogP contribution in [0.1, 0.15) is 19.3 Å². The Labute approximate surface area is 103 Å². The molecule has 1 heterocycles. The van der Waals surface area contributed by atoms with Crippen LogP contribution in [0.25, 0.3) is 0 Å². The van der Waals surface area contributed by atoms with Gasteiger partial charge in [-0.05, 0) is 12.8 Å². The fourth-order valence-electron chi connectivity index (χ4n) is 1.69. The summed E-state index contributed by atoms with van der Waals surface area (Å²) in [5.41, 5.74) is 4.49. The largest absolute Gasteiger partial charge is 0.393 e. The summed E-state index contributed by atoms with van der Waals surface area (Å²) in [6.07, 6.45) is 3.40. The van der Waals surface area contributed by atoms with E-state index in [4.69, 9.17) is 5.73 Å². The molecule has 18 heavy (non-hydrogen) atoms. The number of nitrogen functional groups attached to an aromatic ring is 1. The molecule has 7 nitrogen and oxygen atoms in total. The van der Waals surface area contributed by atoms with Gasteiger partial charge in [0.2, 0.25) is 5.91 Å². The molecule has 1 aliphatic carbocycles. The van der Waals surface area contributed by atoms with Gasteiger partial charge >= 0.3 is 5.69 Å². The van der Waals surface area contributed by atoms with Crippen molar-refractivity contribution in [1.82, 2.24) is 14.5 Å². The van der Waals surface area contributed by atoms with Crippen LogP contribution in [-0.4, -0.2) is 21.1 Å². The zero-order valence-electron chi connectivity index (χ0n) is 10.2. The fraction of sp³-hybridized carbons (Fsp3) is 0.545. The van der Waals surface area contributed by atoms with E-state index in [2.05, 4.69) is 5.32 Å². The molecule has 1 amide bonds. The lowest BCUT2D eigenvalue weighted by atomic mass is 10.3. The summed E-state index contributed by atoms with van der Waals surface area (Å²) in [6.45, 7) is 0.0507. The fourth-order valence-corrected chi connectivity index (χ4v) is 1.69. The predicted molar refractivity (Wildman–Crippen MR) is 66.1 cm³/mol. The number of hydrogen-bond acceptors (Lipinski definition) is 4. The molecule has 0 bridgehead atoms. The van der Waals surface area contributed by atoms with Crippen LogP contribution in [0.4, 0.5) is 5.69 Å². The molecule has 0 aromatic carbocycles. The molecule has 1 aliphatic rings. The minimum atomic E-state index is -0.544. The minimum absolute atomic E-state index is 0.000277. The highest BCUT2D eigenvalue weighted by molar-refractivity contribution is 5.76. The van der Waals surface area contributed by atoms with Gasteiger partial charge in [0.25, 0.3) is 5.56 Å². The Bertz CT molecular complexity index is 549. The first-order valence-electron chi connectivity index (χ1n) is 5.84. The number of aromatic nitrogens is 2. The van der Waals surface area contributed by atoms with Crippen molar-refractivity contribution in [3.8, 4) is 0 Å². The maximum Gasteiger partial charge on any atom is 0.330 e. The van der Waals surface area contributed by atoms with Crippen molar-refractivity contribution >= 4 is 11.6 Å². The molecular weight excluding hydrogens is 236 g/mol. The van der Waals surface area contributed by atoms with Crippen molar-refractivity contribution < 1.29 is 4.79 Å². The molecule has 1 aromatic rings. The quantitative estimate of drug-likeness (QED) is 0.703. The summed E-state index contributed by atoms with van der Waals surface area (Å²) in [6, 6.07) is 0.276. The third kappa shape index (κ3) is 2.61. The molecule has 2 rings (SSSR count). The van der Waals surface area contributed by atoms with E-state index in [1.54, 1.807) is 0 Å². The molecule has 1 fully saturated rings. The van der Waals surface area contributed by atoms with E-state index < -0.39 is 11.2 Å². The number of aryl methyl sites for hydroxylation is 1. The van der Waals surface area contributed by atoms with Crippen LogP contribution < -0.4 is 22.3 Å². The summed E-state index contributed by atoms with van der Waals surface area (Å²) >= 11 is 0. The van der Waals surface area contributed by atoms with Crippen molar-refractivity contribution in [2.75, 3.05) is 5.73 Å². The van der Waals surface area contributed by atoms with Crippen LogP contribution >= 0.6 is 0 Å². The molecule has 1 aromatic heterocycles. The van der Waals surface area contributed by atoms with Crippen LogP contribution in [0.15, 0.2) is 15.8 Å². The lowest BCUT2D eigenvalue weighted by Gasteiger charge is -2.08. The summed E-state index contributed by atoms with van der Waals surface area (Å²) in [7, 11) is 1.51. The van der Waals surface area contributed by atoms with Crippen LogP contribution in [0, 0.1) is 0 Å². The standard InChI is InChI=1S/C11H16N4O3/c1-14-6-8(12)10(17)15(11(14)18)5-4-9(16)13-7-2-3-7/h6-7H,2-5,12H2,1H3,(H,13,16). The van der Waals surface area contributed by atoms with Crippen LogP contribution in [0.2, 0.25) is 0 Å². The van der Waals surface area contributed by atoms with Crippen molar-refractivity contribution in [2.24, 2.45) is 7.05 Å².